The van der Waals surface area contributed by atoms with E-state index >= 15 is 0 Å². The molecule has 0 unspecified atom stereocenters. The molecule has 0 radical (unpaired) electrons. The number of rotatable bonds is 4. The average Bonchev–Trinajstić information content (AvgIpc) is 2.44. The molecule has 0 amide bonds. The van der Waals surface area contributed by atoms with E-state index in [2.05, 4.69) is 13.8 Å². The molecule has 0 N–H and O–H groups in total. The number of carbonyl (C=O) groups excluding carboxylic acids is 1. The van der Waals surface area contributed by atoms with Gasteiger partial charge in [-0.1, -0.05) is 50.2 Å². The Morgan fingerprint density at radius 3 is 2.14 bits per heavy atom. The molecular formula is C18H19FO2. The first-order valence-corrected chi connectivity index (χ1v) is 7.00. The molecule has 0 saturated heterocycles. The van der Waals surface area contributed by atoms with Gasteiger partial charge in [-0.3, -0.25) is 4.79 Å². The third kappa shape index (κ3) is 3.91. The van der Waals surface area contributed by atoms with E-state index in [0.717, 1.165) is 5.56 Å². The van der Waals surface area contributed by atoms with Crippen LogP contribution in [0, 0.1) is 5.82 Å². The van der Waals surface area contributed by atoms with Crippen LogP contribution in [-0.4, -0.2) is 5.97 Å². The molecule has 1 atom stereocenters. The van der Waals surface area contributed by atoms with Crippen LogP contribution in [0.5, 0.6) is 0 Å². The molecule has 2 nitrogen and oxygen atoms in total. The maximum Gasteiger partial charge on any atom is 0.303 e. The molecule has 110 valence electrons. The van der Waals surface area contributed by atoms with E-state index in [1.807, 2.05) is 24.3 Å². The van der Waals surface area contributed by atoms with Gasteiger partial charge in [0.05, 0.1) is 0 Å². The highest BCUT2D eigenvalue weighted by Crippen LogP contribution is 2.28. The predicted molar refractivity (Wildman–Crippen MR) is 80.5 cm³/mol. The molecule has 2 rings (SSSR count). The lowest BCUT2D eigenvalue weighted by Gasteiger charge is -2.19. The van der Waals surface area contributed by atoms with Crippen molar-refractivity contribution in [1.29, 1.82) is 0 Å². The number of hydrogen-bond acceptors (Lipinski definition) is 2. The molecule has 0 fully saturated rings. The van der Waals surface area contributed by atoms with Crippen LogP contribution in [0.3, 0.4) is 0 Å². The summed E-state index contributed by atoms with van der Waals surface area (Å²) < 4.78 is 18.8. The van der Waals surface area contributed by atoms with E-state index in [9.17, 15) is 9.18 Å². The Morgan fingerprint density at radius 2 is 1.62 bits per heavy atom. The SMILES string of the molecule is CC(=O)O[C@@H](c1ccc(C(C)C)cc1)c1cccc(F)c1. The maximum absolute atomic E-state index is 13.4. The summed E-state index contributed by atoms with van der Waals surface area (Å²) in [6, 6.07) is 14.0. The van der Waals surface area contributed by atoms with Crippen LogP contribution < -0.4 is 0 Å². The first kappa shape index (κ1) is 15.2. The maximum atomic E-state index is 13.4. The first-order chi connectivity index (χ1) is 9.97. The zero-order valence-corrected chi connectivity index (χ0v) is 12.5. The van der Waals surface area contributed by atoms with Crippen molar-refractivity contribution in [3.05, 3.63) is 71.0 Å². The molecule has 3 heteroatoms. The second kappa shape index (κ2) is 6.53. The summed E-state index contributed by atoms with van der Waals surface area (Å²) in [5.41, 5.74) is 2.67. The fourth-order valence-corrected chi connectivity index (χ4v) is 2.22. The molecule has 0 bridgehead atoms. The summed E-state index contributed by atoms with van der Waals surface area (Å²) in [5, 5.41) is 0. The predicted octanol–water partition coefficient (Wildman–Crippen LogP) is 4.60. The Kier molecular flexibility index (Phi) is 4.73. The van der Waals surface area contributed by atoms with Crippen LogP contribution in [-0.2, 0) is 9.53 Å². The monoisotopic (exact) mass is 286 g/mol. The lowest BCUT2D eigenvalue weighted by molar-refractivity contribution is -0.144. The summed E-state index contributed by atoms with van der Waals surface area (Å²) in [7, 11) is 0. The van der Waals surface area contributed by atoms with Gasteiger partial charge in [-0.15, -0.1) is 0 Å². The first-order valence-electron chi connectivity index (χ1n) is 7.00. The van der Waals surface area contributed by atoms with Gasteiger partial charge in [-0.25, -0.2) is 4.39 Å². The Labute approximate surface area is 124 Å². The number of esters is 1. The smallest absolute Gasteiger partial charge is 0.303 e. The Balaban J connectivity index is 2.38. The van der Waals surface area contributed by atoms with Gasteiger partial charge >= 0.3 is 5.97 Å². The summed E-state index contributed by atoms with van der Waals surface area (Å²) in [6.45, 7) is 5.59. The largest absolute Gasteiger partial charge is 0.453 e. The van der Waals surface area contributed by atoms with Crippen molar-refractivity contribution >= 4 is 5.97 Å². The molecule has 0 aromatic heterocycles. The highest BCUT2D eigenvalue weighted by Gasteiger charge is 2.18. The highest BCUT2D eigenvalue weighted by atomic mass is 19.1. The minimum Gasteiger partial charge on any atom is -0.453 e. The van der Waals surface area contributed by atoms with Gasteiger partial charge in [0, 0.05) is 6.92 Å². The normalized spacial score (nSPS) is 12.2. The van der Waals surface area contributed by atoms with E-state index in [1.54, 1.807) is 12.1 Å². The van der Waals surface area contributed by atoms with Crippen LogP contribution in [0.15, 0.2) is 48.5 Å². The number of benzene rings is 2. The van der Waals surface area contributed by atoms with Crippen LogP contribution in [0.2, 0.25) is 0 Å². The molecule has 0 spiro atoms. The fourth-order valence-electron chi connectivity index (χ4n) is 2.22. The van der Waals surface area contributed by atoms with Gasteiger partial charge < -0.3 is 4.74 Å². The van der Waals surface area contributed by atoms with Gasteiger partial charge in [0.25, 0.3) is 0 Å². The van der Waals surface area contributed by atoms with E-state index < -0.39 is 12.1 Å². The zero-order chi connectivity index (χ0) is 15.4. The van der Waals surface area contributed by atoms with Crippen LogP contribution >= 0.6 is 0 Å². The second-order valence-electron chi connectivity index (χ2n) is 5.37. The third-order valence-corrected chi connectivity index (χ3v) is 3.34. The topological polar surface area (TPSA) is 26.3 Å². The van der Waals surface area contributed by atoms with Gasteiger partial charge in [-0.05, 0) is 34.7 Å². The van der Waals surface area contributed by atoms with Crippen molar-refractivity contribution in [3.8, 4) is 0 Å². The fraction of sp³-hybridized carbons (Fsp3) is 0.278. The average molecular weight is 286 g/mol. The standard InChI is InChI=1S/C18H19FO2/c1-12(2)14-7-9-15(10-8-14)18(21-13(3)20)16-5-4-6-17(19)11-16/h4-12,18H,1-3H3/t18-/m0/s1. The van der Waals surface area contributed by atoms with Crippen molar-refractivity contribution in [2.75, 3.05) is 0 Å². The summed E-state index contributed by atoms with van der Waals surface area (Å²) in [4.78, 5) is 11.3. The molecule has 0 aliphatic heterocycles. The van der Waals surface area contributed by atoms with Gasteiger partial charge in [0.1, 0.15) is 5.82 Å². The van der Waals surface area contributed by atoms with Crippen molar-refractivity contribution in [2.24, 2.45) is 0 Å². The van der Waals surface area contributed by atoms with E-state index in [4.69, 9.17) is 4.74 Å². The van der Waals surface area contributed by atoms with Gasteiger partial charge in [0.2, 0.25) is 0 Å². The van der Waals surface area contributed by atoms with Crippen LogP contribution in [0.4, 0.5) is 4.39 Å². The van der Waals surface area contributed by atoms with Crippen molar-refractivity contribution in [3.63, 3.8) is 0 Å². The van der Waals surface area contributed by atoms with Crippen molar-refractivity contribution < 1.29 is 13.9 Å². The lowest BCUT2D eigenvalue weighted by Crippen LogP contribution is -2.10. The van der Waals surface area contributed by atoms with Crippen molar-refractivity contribution in [1.82, 2.24) is 0 Å². The summed E-state index contributed by atoms with van der Waals surface area (Å²) in [5.74, 6) is -0.305. The minimum absolute atomic E-state index is 0.344. The lowest BCUT2D eigenvalue weighted by atomic mass is 9.97. The Bertz CT molecular complexity index is 617. The van der Waals surface area contributed by atoms with E-state index in [-0.39, 0.29) is 5.82 Å². The van der Waals surface area contributed by atoms with E-state index in [0.29, 0.717) is 11.5 Å². The molecular weight excluding hydrogens is 267 g/mol. The van der Waals surface area contributed by atoms with Gasteiger partial charge in [-0.2, -0.15) is 0 Å². The van der Waals surface area contributed by atoms with Crippen LogP contribution in [0.1, 0.15) is 49.5 Å². The number of carbonyl (C=O) groups is 1. The van der Waals surface area contributed by atoms with E-state index in [1.165, 1.54) is 24.6 Å². The number of ether oxygens (including phenoxy) is 1. The van der Waals surface area contributed by atoms with Gasteiger partial charge in [0.15, 0.2) is 6.10 Å². The summed E-state index contributed by atoms with van der Waals surface area (Å²) >= 11 is 0. The third-order valence-electron chi connectivity index (χ3n) is 3.34. The molecule has 0 aliphatic carbocycles. The molecule has 0 heterocycles. The quantitative estimate of drug-likeness (QED) is 0.768. The molecule has 2 aromatic carbocycles. The minimum atomic E-state index is -0.584. The summed E-state index contributed by atoms with van der Waals surface area (Å²) in [6.07, 6.45) is -0.584. The number of halogens is 1. The highest BCUT2D eigenvalue weighted by molar-refractivity contribution is 5.66. The van der Waals surface area contributed by atoms with Crippen LogP contribution in [0.25, 0.3) is 0 Å². The molecule has 0 aliphatic rings. The molecule has 21 heavy (non-hydrogen) atoms. The number of hydrogen-bond donors (Lipinski definition) is 0. The molecule has 0 saturated carbocycles. The molecule has 2 aromatic rings. The Morgan fingerprint density at radius 1 is 1.00 bits per heavy atom. The Hall–Kier alpha value is -2.16. The second-order valence-corrected chi connectivity index (χ2v) is 5.37. The van der Waals surface area contributed by atoms with Crippen molar-refractivity contribution in [2.45, 2.75) is 32.8 Å². The zero-order valence-electron chi connectivity index (χ0n) is 12.5.